The number of hydrogen-bond donors (Lipinski definition) is 0. The first-order chi connectivity index (χ1) is 61.3. The lowest BCUT2D eigenvalue weighted by atomic mass is 10.1. The van der Waals surface area contributed by atoms with Crippen LogP contribution in [0.1, 0.15) is 66.8 Å². The highest BCUT2D eigenvalue weighted by Crippen LogP contribution is 2.18. The first-order valence-electron chi connectivity index (χ1n) is 39.0. The molecule has 0 spiro atoms. The SMILES string of the molecule is C#C/C1=C2/C#C/C3=C4/C#C/C5=C(/C#C)COCC#Cc6cccc(c6)C#CCOC/C(C#C)=C(\C#C/C(=C(/C#C/C(=C(/C#C)COCC#Cc6cccc(c6)C#CCOC1)COCC#Cc1cccc(c1)C#CCOC2)COCC#Cc1cccc(c1)C#CCOC3)COCC#Cc1cccc(c1)C#CCOC4)COCC#Cc1cccc(c1)C#CCOC5. The molecule has 0 unspecified atom stereocenters. The van der Waals surface area contributed by atoms with Crippen LogP contribution in [0.3, 0.4) is 0 Å². The number of benzene rings is 6. The third kappa shape index (κ3) is 32.0. The molecule has 6 aromatic rings. The molecule has 5 aliphatic rings. The first-order valence-corrected chi connectivity index (χ1v) is 39.0. The van der Waals surface area contributed by atoms with E-state index in [-0.39, 0.29) is 159 Å². The van der Waals surface area contributed by atoms with Crippen LogP contribution >= 0.6 is 0 Å². The lowest BCUT2D eigenvalue weighted by Gasteiger charge is -2.09. The molecule has 0 amide bonds. The fraction of sp³-hybridized carbons (Fsp3) is 0.214. The van der Waals surface area contributed by atoms with Gasteiger partial charge in [-0.15, -0.1) is 25.7 Å². The number of hydrogen-bond acceptors (Lipinski definition) is 12. The van der Waals surface area contributed by atoms with Crippen LogP contribution in [0.2, 0.25) is 0 Å². The van der Waals surface area contributed by atoms with Gasteiger partial charge in [0, 0.05) is 134 Å². The van der Waals surface area contributed by atoms with E-state index in [1.54, 1.807) is 0 Å². The van der Waals surface area contributed by atoms with E-state index in [0.717, 1.165) is 0 Å². The van der Waals surface area contributed by atoms with Crippen molar-refractivity contribution in [2.24, 2.45) is 0 Å². The second-order valence-electron chi connectivity index (χ2n) is 26.3. The summed E-state index contributed by atoms with van der Waals surface area (Å²) in [5, 5.41) is 0. The summed E-state index contributed by atoms with van der Waals surface area (Å²) >= 11 is 0. The maximum Gasteiger partial charge on any atom is 0.108 e. The highest BCUT2D eigenvalue weighted by Gasteiger charge is 2.14. The maximum absolute atomic E-state index is 6.50. The molecule has 6 aromatic carbocycles. The Bertz CT molecular complexity index is 5800. The molecule has 124 heavy (non-hydrogen) atoms. The average Bonchev–Trinajstić information content (AvgIpc) is 0.873. The standard InChI is InChI=1S/C112H76O12/c1-5-101-77-113-59-15-39-89-27-9-28-90(71-89)40-16-60-115-79-103(7-3)107-53-57-111-87-123-69-25-49-99-37-13-35-97(75-99)47-23-67-121-85-109(55-51-105(101)81-117-63-19-43-93-31-11-32-94(73-93)44-20-65-119-83-107)110-56-52-106-82-118-64-21-45-95-33-12-34-96(74-95)46-22-66-120-84-108(54-58-112(111)88-124-70-26-50-100-38-14-36-98(76-100)48-24-68-122-86-110)104(8-4)80-116-62-18-42-92-30-10-29-91(72-92)41-17-61-114-78-102(106)6-2/h1-4,9-14,27-38,71-76H,59-70,77-88H2/b105-101+,106-102+,107-103+,108-104+,110-109+,112-111+. The minimum atomic E-state index is -0.149. The highest BCUT2D eigenvalue weighted by atomic mass is 16.5. The Hall–Kier alpha value is -15.5. The monoisotopic (exact) mass is 1610 g/mol. The van der Waals surface area contributed by atoms with Gasteiger partial charge in [-0.25, -0.2) is 0 Å². The van der Waals surface area contributed by atoms with Crippen molar-refractivity contribution < 1.29 is 56.8 Å². The van der Waals surface area contributed by atoms with Crippen LogP contribution < -0.4 is 0 Å². The van der Waals surface area contributed by atoms with Gasteiger partial charge in [0.15, 0.2) is 0 Å². The van der Waals surface area contributed by atoms with Crippen molar-refractivity contribution in [1.29, 1.82) is 0 Å². The van der Waals surface area contributed by atoms with Gasteiger partial charge in [0.05, 0.1) is 79.3 Å². The van der Waals surface area contributed by atoms with Crippen LogP contribution in [0.25, 0.3) is 0 Å². The molecule has 11 rings (SSSR count). The summed E-state index contributed by atoms with van der Waals surface area (Å²) in [6, 6.07) is 44.7. The molecule has 0 aromatic heterocycles. The lowest BCUT2D eigenvalue weighted by Crippen LogP contribution is -2.09. The first kappa shape index (κ1) is 89.3. The predicted molar refractivity (Wildman–Crippen MR) is 480 cm³/mol. The number of rotatable bonds is 0. The van der Waals surface area contributed by atoms with Gasteiger partial charge in [-0.1, -0.05) is 250 Å². The molecule has 20 bridgehead atoms. The molecule has 0 saturated heterocycles. The van der Waals surface area contributed by atoms with Crippen molar-refractivity contribution in [3.8, 4) is 239 Å². The average molecular weight is 1610 g/mol. The van der Waals surface area contributed by atoms with E-state index in [1.165, 1.54) is 0 Å². The van der Waals surface area contributed by atoms with Gasteiger partial charge in [0.1, 0.15) is 79.3 Å². The van der Waals surface area contributed by atoms with E-state index < -0.39 is 0 Å². The molecule has 0 atom stereocenters. The topological polar surface area (TPSA) is 111 Å². The van der Waals surface area contributed by atoms with Gasteiger partial charge in [-0.05, 0) is 109 Å². The third-order valence-electron chi connectivity index (χ3n) is 17.4. The van der Waals surface area contributed by atoms with E-state index in [4.69, 9.17) is 82.5 Å². The Morgan fingerprint density at radius 2 is 0.282 bits per heavy atom. The van der Waals surface area contributed by atoms with Crippen molar-refractivity contribution in [2.45, 2.75) is 0 Å². The van der Waals surface area contributed by atoms with Crippen LogP contribution in [0.4, 0.5) is 0 Å². The molecular weight excluding hydrogens is 1540 g/mol. The Labute approximate surface area is 729 Å². The van der Waals surface area contributed by atoms with Crippen molar-refractivity contribution >= 4 is 0 Å². The van der Waals surface area contributed by atoms with Crippen molar-refractivity contribution in [3.05, 3.63) is 279 Å². The molecule has 0 radical (unpaired) electrons. The molecule has 0 N–H and O–H groups in total. The lowest BCUT2D eigenvalue weighted by molar-refractivity contribution is 0.182. The van der Waals surface area contributed by atoms with Crippen LogP contribution in [0.5, 0.6) is 0 Å². The Morgan fingerprint density at radius 3 is 0.419 bits per heavy atom. The van der Waals surface area contributed by atoms with Crippen LogP contribution in [0.15, 0.2) is 212 Å². The Balaban J connectivity index is 1.21. The summed E-state index contributed by atoms with van der Waals surface area (Å²) in [4.78, 5) is 0. The zero-order chi connectivity index (χ0) is 85.7. The summed E-state index contributed by atoms with van der Waals surface area (Å²) in [6.07, 6.45) is 25.7. The zero-order valence-corrected chi connectivity index (χ0v) is 68.0. The fourth-order valence-corrected chi connectivity index (χ4v) is 11.2. The fourth-order valence-electron chi connectivity index (χ4n) is 11.2. The third-order valence-corrected chi connectivity index (χ3v) is 17.4. The van der Waals surface area contributed by atoms with Gasteiger partial charge < -0.3 is 56.8 Å². The largest absolute Gasteiger partial charge is 0.363 e. The van der Waals surface area contributed by atoms with Gasteiger partial charge in [0.25, 0.3) is 0 Å². The van der Waals surface area contributed by atoms with E-state index >= 15 is 0 Å². The van der Waals surface area contributed by atoms with Gasteiger partial charge in [-0.3, -0.25) is 0 Å². The van der Waals surface area contributed by atoms with Gasteiger partial charge in [0.2, 0.25) is 0 Å². The van der Waals surface area contributed by atoms with Crippen molar-refractivity contribution in [1.82, 2.24) is 0 Å². The molecule has 596 valence electrons. The van der Waals surface area contributed by atoms with Crippen LogP contribution in [0, 0.1) is 239 Å². The maximum atomic E-state index is 6.50. The highest BCUT2D eigenvalue weighted by molar-refractivity contribution is 5.58. The van der Waals surface area contributed by atoms with Gasteiger partial charge in [-0.2, -0.15) is 0 Å². The zero-order valence-electron chi connectivity index (χ0n) is 68.0. The summed E-state index contributed by atoms with van der Waals surface area (Å²) in [6.45, 7) is -1.87. The smallest absolute Gasteiger partial charge is 0.108 e. The van der Waals surface area contributed by atoms with E-state index in [9.17, 15) is 0 Å². The second kappa shape index (κ2) is 52.4. The predicted octanol–water partition coefficient (Wildman–Crippen LogP) is 11.0. The molecular formula is C112H76O12. The second-order valence-corrected chi connectivity index (χ2v) is 26.3. The van der Waals surface area contributed by atoms with Crippen molar-refractivity contribution in [3.63, 3.8) is 0 Å². The number of ether oxygens (including phenoxy) is 12. The summed E-state index contributed by atoms with van der Waals surface area (Å²) in [5.41, 5.74) is 12.6. The quantitative estimate of drug-likeness (QED) is 0.135. The van der Waals surface area contributed by atoms with Crippen molar-refractivity contribution in [2.75, 3.05) is 159 Å². The Morgan fingerprint density at radius 1 is 0.161 bits per heavy atom. The minimum absolute atomic E-state index is 0.0172. The molecule has 12 heteroatoms. The summed E-state index contributed by atoms with van der Waals surface area (Å²) < 4.78 is 76.3. The molecule has 12 nitrogen and oxygen atoms in total. The number of fused-ring (bicyclic) bond motifs is 36. The van der Waals surface area contributed by atoms with E-state index in [1.807, 2.05) is 146 Å². The molecule has 0 saturated carbocycles. The van der Waals surface area contributed by atoms with Crippen LogP contribution in [-0.4, -0.2) is 159 Å². The Kier molecular flexibility index (Phi) is 37.7. The summed E-state index contributed by atoms with van der Waals surface area (Å²) in [5.74, 6) is 115. The minimum Gasteiger partial charge on any atom is -0.363 e. The van der Waals surface area contributed by atoms with Crippen LogP contribution in [-0.2, 0) is 56.8 Å². The normalized spacial score (nSPS) is 19.5. The van der Waals surface area contributed by atoms with Gasteiger partial charge >= 0.3 is 0 Å². The van der Waals surface area contributed by atoms with E-state index in [0.29, 0.717) is 134 Å². The molecule has 5 heterocycles. The molecule has 0 fully saturated rings. The molecule has 5 aliphatic heterocycles. The number of terminal acetylenes is 4. The molecule has 0 aliphatic carbocycles. The van der Waals surface area contributed by atoms with E-state index in [2.05, 4.69) is 213 Å². The summed E-state index contributed by atoms with van der Waals surface area (Å²) in [7, 11) is 0.